The van der Waals surface area contributed by atoms with Crippen molar-refractivity contribution in [2.75, 3.05) is 23.4 Å². The molecule has 1 N–H and O–H groups in total. The van der Waals surface area contributed by atoms with Gasteiger partial charge in [-0.15, -0.1) is 0 Å². The van der Waals surface area contributed by atoms with Crippen molar-refractivity contribution in [3.8, 4) is 0 Å². The van der Waals surface area contributed by atoms with E-state index in [0.29, 0.717) is 24.5 Å². The molecule has 1 aliphatic heterocycles. The van der Waals surface area contributed by atoms with Crippen molar-refractivity contribution in [2.45, 2.75) is 25.8 Å². The average Bonchev–Trinajstić information content (AvgIpc) is 2.77. The summed E-state index contributed by atoms with van der Waals surface area (Å²) in [6.07, 6.45) is 0.700. The molecule has 0 aromatic heterocycles. The standard InChI is InChI=1S/C14H18FNO2S/c1-3-18-13(17)14(4-5-19-9-14)16-12-7-10(2)6-11(15)8-12/h6-8,16H,3-5,9H2,1-2H3. The van der Waals surface area contributed by atoms with Gasteiger partial charge >= 0.3 is 5.97 Å². The number of rotatable bonds is 4. The maximum Gasteiger partial charge on any atom is 0.332 e. The molecule has 1 heterocycles. The predicted octanol–water partition coefficient (Wildman–Crippen LogP) is 2.98. The van der Waals surface area contributed by atoms with Crippen molar-refractivity contribution in [2.24, 2.45) is 0 Å². The number of carbonyl (C=O) groups excluding carboxylic acids is 1. The van der Waals surface area contributed by atoms with Crippen molar-refractivity contribution in [1.29, 1.82) is 0 Å². The van der Waals surface area contributed by atoms with E-state index in [4.69, 9.17) is 4.74 Å². The largest absolute Gasteiger partial charge is 0.464 e. The monoisotopic (exact) mass is 283 g/mol. The molecule has 0 bridgehead atoms. The number of anilines is 1. The zero-order chi connectivity index (χ0) is 13.9. The number of hydrogen-bond acceptors (Lipinski definition) is 4. The molecule has 2 rings (SSSR count). The highest BCUT2D eigenvalue weighted by atomic mass is 32.2. The van der Waals surface area contributed by atoms with Crippen LogP contribution in [0.25, 0.3) is 0 Å². The van der Waals surface area contributed by atoms with Gasteiger partial charge in [-0.3, -0.25) is 0 Å². The molecule has 0 radical (unpaired) electrons. The number of halogens is 1. The van der Waals surface area contributed by atoms with E-state index in [9.17, 15) is 9.18 Å². The van der Waals surface area contributed by atoms with Crippen LogP contribution >= 0.6 is 11.8 Å². The lowest BCUT2D eigenvalue weighted by Crippen LogP contribution is -2.47. The summed E-state index contributed by atoms with van der Waals surface area (Å²) in [5.74, 6) is 1.01. The van der Waals surface area contributed by atoms with Crippen molar-refractivity contribution in [1.82, 2.24) is 0 Å². The first-order valence-electron chi connectivity index (χ1n) is 6.36. The molecule has 1 aromatic rings. The number of benzene rings is 1. The van der Waals surface area contributed by atoms with E-state index in [1.165, 1.54) is 12.1 Å². The van der Waals surface area contributed by atoms with E-state index in [1.807, 2.05) is 13.0 Å². The minimum atomic E-state index is -0.721. The maximum atomic E-state index is 13.4. The van der Waals surface area contributed by atoms with Gasteiger partial charge in [0.25, 0.3) is 0 Å². The van der Waals surface area contributed by atoms with Crippen LogP contribution in [-0.4, -0.2) is 29.6 Å². The summed E-state index contributed by atoms with van der Waals surface area (Å²) in [6, 6.07) is 4.72. The number of nitrogens with one attached hydrogen (secondary N) is 1. The number of carbonyl (C=O) groups is 1. The number of aryl methyl sites for hydroxylation is 1. The second-order valence-electron chi connectivity index (χ2n) is 4.75. The summed E-state index contributed by atoms with van der Waals surface area (Å²) in [5.41, 5.74) is 0.737. The predicted molar refractivity (Wildman–Crippen MR) is 76.1 cm³/mol. The van der Waals surface area contributed by atoms with Crippen LogP contribution in [0.5, 0.6) is 0 Å². The third-order valence-corrected chi connectivity index (χ3v) is 4.30. The summed E-state index contributed by atoms with van der Waals surface area (Å²) in [7, 11) is 0. The molecule has 5 heteroatoms. The Kier molecular flexibility index (Phi) is 4.34. The van der Waals surface area contributed by atoms with Gasteiger partial charge in [0.1, 0.15) is 11.4 Å². The number of thioether (sulfide) groups is 1. The number of hydrogen-bond donors (Lipinski definition) is 1. The minimum Gasteiger partial charge on any atom is -0.464 e. The zero-order valence-electron chi connectivity index (χ0n) is 11.2. The van der Waals surface area contributed by atoms with Crippen LogP contribution in [0.3, 0.4) is 0 Å². The van der Waals surface area contributed by atoms with E-state index >= 15 is 0 Å². The first kappa shape index (κ1) is 14.2. The smallest absolute Gasteiger partial charge is 0.332 e. The highest BCUT2D eigenvalue weighted by molar-refractivity contribution is 7.99. The van der Waals surface area contributed by atoms with Crippen molar-refractivity contribution in [3.63, 3.8) is 0 Å². The fraction of sp³-hybridized carbons (Fsp3) is 0.500. The molecule has 1 unspecified atom stereocenters. The van der Waals surface area contributed by atoms with E-state index in [0.717, 1.165) is 11.3 Å². The molecule has 1 atom stereocenters. The van der Waals surface area contributed by atoms with Gasteiger partial charge in [0, 0.05) is 11.4 Å². The molecule has 1 fully saturated rings. The van der Waals surface area contributed by atoms with E-state index in [2.05, 4.69) is 5.32 Å². The minimum absolute atomic E-state index is 0.248. The second kappa shape index (κ2) is 5.82. The van der Waals surface area contributed by atoms with Crippen LogP contribution in [0, 0.1) is 12.7 Å². The Morgan fingerprint density at radius 2 is 2.32 bits per heavy atom. The molecule has 0 spiro atoms. The van der Waals surface area contributed by atoms with Crippen LogP contribution in [-0.2, 0) is 9.53 Å². The molecule has 3 nitrogen and oxygen atoms in total. The molecule has 0 saturated carbocycles. The summed E-state index contributed by atoms with van der Waals surface area (Å²) < 4.78 is 18.6. The molecule has 1 saturated heterocycles. The summed E-state index contributed by atoms with van der Waals surface area (Å²) >= 11 is 1.71. The lowest BCUT2D eigenvalue weighted by molar-refractivity contribution is -0.147. The van der Waals surface area contributed by atoms with Gasteiger partial charge in [-0.2, -0.15) is 11.8 Å². The van der Waals surface area contributed by atoms with E-state index < -0.39 is 5.54 Å². The first-order valence-corrected chi connectivity index (χ1v) is 7.51. The van der Waals surface area contributed by atoms with Gasteiger partial charge in [-0.25, -0.2) is 9.18 Å². The number of esters is 1. The van der Waals surface area contributed by atoms with Crippen molar-refractivity contribution < 1.29 is 13.9 Å². The summed E-state index contributed by atoms with van der Waals surface area (Å²) in [5, 5.41) is 3.19. The maximum absolute atomic E-state index is 13.4. The lowest BCUT2D eigenvalue weighted by atomic mass is 9.98. The Balaban J connectivity index is 2.23. The molecule has 0 amide bonds. The van der Waals surface area contributed by atoms with Crippen LogP contribution in [0.2, 0.25) is 0 Å². The first-order chi connectivity index (χ1) is 9.05. The second-order valence-corrected chi connectivity index (χ2v) is 5.85. The van der Waals surface area contributed by atoms with Gasteiger partial charge in [0.15, 0.2) is 0 Å². The number of ether oxygens (including phenoxy) is 1. The normalized spacial score (nSPS) is 22.3. The zero-order valence-corrected chi connectivity index (χ0v) is 12.0. The highest BCUT2D eigenvalue weighted by Gasteiger charge is 2.43. The van der Waals surface area contributed by atoms with Crippen LogP contribution in [0.15, 0.2) is 18.2 Å². The SMILES string of the molecule is CCOC(=O)C1(Nc2cc(C)cc(F)c2)CCSC1. The molecule has 19 heavy (non-hydrogen) atoms. The molecule has 1 aliphatic rings. The fourth-order valence-corrected chi connectivity index (χ4v) is 3.55. The van der Waals surface area contributed by atoms with Gasteiger partial charge in [-0.05, 0) is 49.8 Å². The Morgan fingerprint density at radius 1 is 1.53 bits per heavy atom. The molecule has 104 valence electrons. The van der Waals surface area contributed by atoms with Crippen LogP contribution in [0.4, 0.5) is 10.1 Å². The highest BCUT2D eigenvalue weighted by Crippen LogP contribution is 2.33. The fourth-order valence-electron chi connectivity index (χ4n) is 2.23. The molecular weight excluding hydrogens is 265 g/mol. The van der Waals surface area contributed by atoms with E-state index in [-0.39, 0.29) is 11.8 Å². The molecule has 1 aromatic carbocycles. The van der Waals surface area contributed by atoms with Gasteiger partial charge in [0.05, 0.1) is 6.61 Å². The van der Waals surface area contributed by atoms with Crippen molar-refractivity contribution >= 4 is 23.4 Å². The third kappa shape index (κ3) is 3.21. The Hall–Kier alpha value is -1.23. The van der Waals surface area contributed by atoms with Gasteiger partial charge in [-0.1, -0.05) is 0 Å². The van der Waals surface area contributed by atoms with Crippen LogP contribution in [0.1, 0.15) is 18.9 Å². The molecular formula is C14H18FNO2S. The van der Waals surface area contributed by atoms with Crippen molar-refractivity contribution in [3.05, 3.63) is 29.6 Å². The Labute approximate surface area is 116 Å². The van der Waals surface area contributed by atoms with E-state index in [1.54, 1.807) is 18.7 Å². The summed E-state index contributed by atoms with van der Waals surface area (Å²) in [4.78, 5) is 12.1. The topological polar surface area (TPSA) is 38.3 Å². The van der Waals surface area contributed by atoms with Crippen LogP contribution < -0.4 is 5.32 Å². The molecule has 0 aliphatic carbocycles. The quantitative estimate of drug-likeness (QED) is 0.862. The van der Waals surface area contributed by atoms with Gasteiger partial charge < -0.3 is 10.1 Å². The summed E-state index contributed by atoms with van der Waals surface area (Å²) in [6.45, 7) is 3.98. The average molecular weight is 283 g/mol. The lowest BCUT2D eigenvalue weighted by Gasteiger charge is -2.28. The van der Waals surface area contributed by atoms with Gasteiger partial charge in [0.2, 0.25) is 0 Å². The Bertz CT molecular complexity index is 452. The Morgan fingerprint density at radius 3 is 2.89 bits per heavy atom. The third-order valence-electron chi connectivity index (χ3n) is 3.11.